The summed E-state index contributed by atoms with van der Waals surface area (Å²) in [5.74, 6) is 0.992. The quantitative estimate of drug-likeness (QED) is 0.198. The highest BCUT2D eigenvalue weighted by atomic mass is 127. The number of carbonyl (C=O) groups is 1. The molecule has 168 valence electrons. The third kappa shape index (κ3) is 8.10. The van der Waals surface area contributed by atoms with Gasteiger partial charge < -0.3 is 15.4 Å². The van der Waals surface area contributed by atoms with Crippen LogP contribution in [0.3, 0.4) is 0 Å². The molecule has 0 aliphatic rings. The van der Waals surface area contributed by atoms with Crippen LogP contribution in [0.25, 0.3) is 0 Å². The van der Waals surface area contributed by atoms with Gasteiger partial charge >= 0.3 is 5.97 Å². The molecule has 10 heteroatoms. The van der Waals surface area contributed by atoms with E-state index in [0.717, 1.165) is 27.9 Å². The Morgan fingerprint density at radius 1 is 1.27 bits per heavy atom. The van der Waals surface area contributed by atoms with E-state index in [0.29, 0.717) is 35.6 Å². The molecule has 2 rings (SSSR count). The summed E-state index contributed by atoms with van der Waals surface area (Å²) >= 11 is 3.07. The Morgan fingerprint density at radius 2 is 2.00 bits per heavy atom. The van der Waals surface area contributed by atoms with Crippen LogP contribution in [0.2, 0.25) is 0 Å². The van der Waals surface area contributed by atoms with E-state index in [1.165, 1.54) is 11.3 Å². The minimum absolute atomic E-state index is 0. The second kappa shape index (κ2) is 13.2. The summed E-state index contributed by atoms with van der Waals surface area (Å²) in [4.78, 5) is 27.5. The van der Waals surface area contributed by atoms with Crippen LogP contribution in [0.5, 0.6) is 0 Å². The van der Waals surface area contributed by atoms with Crippen molar-refractivity contribution in [2.45, 2.75) is 60.5 Å². The summed E-state index contributed by atoms with van der Waals surface area (Å²) in [5.41, 5.74) is 0.696. The van der Waals surface area contributed by atoms with Crippen LogP contribution in [0.1, 0.15) is 70.9 Å². The number of aryl methyl sites for hydroxylation is 1. The Balaban J connectivity index is 0.00000450. The molecule has 30 heavy (non-hydrogen) atoms. The largest absolute Gasteiger partial charge is 0.462 e. The number of carbonyl (C=O) groups excluding carboxylic acids is 1. The maximum atomic E-state index is 12.0. The molecule has 0 saturated heterocycles. The normalized spacial score (nSPS) is 12.4. The number of guanidine groups is 1. The Labute approximate surface area is 204 Å². The average Bonchev–Trinajstić information content (AvgIpc) is 3.26. The monoisotopic (exact) mass is 565 g/mol. The first kappa shape index (κ1) is 26.8. The van der Waals surface area contributed by atoms with E-state index in [2.05, 4.69) is 39.4 Å². The number of ether oxygens (including phenoxy) is 1. The van der Waals surface area contributed by atoms with Crippen LogP contribution in [0.4, 0.5) is 0 Å². The summed E-state index contributed by atoms with van der Waals surface area (Å²) in [7, 11) is 0. The molecule has 2 heterocycles. The van der Waals surface area contributed by atoms with Gasteiger partial charge in [0.25, 0.3) is 0 Å². The van der Waals surface area contributed by atoms with Crippen molar-refractivity contribution < 1.29 is 9.53 Å². The number of halogens is 1. The van der Waals surface area contributed by atoms with E-state index < -0.39 is 0 Å². The third-order valence-electron chi connectivity index (χ3n) is 3.92. The molecule has 0 amide bonds. The van der Waals surface area contributed by atoms with E-state index in [1.807, 2.05) is 27.0 Å². The second-order valence-electron chi connectivity index (χ2n) is 7.07. The van der Waals surface area contributed by atoms with E-state index in [-0.39, 0.29) is 36.0 Å². The Morgan fingerprint density at radius 3 is 2.63 bits per heavy atom. The fourth-order valence-corrected chi connectivity index (χ4v) is 4.62. The van der Waals surface area contributed by atoms with Gasteiger partial charge in [-0.25, -0.2) is 19.8 Å². The van der Waals surface area contributed by atoms with Gasteiger partial charge in [0.2, 0.25) is 0 Å². The van der Waals surface area contributed by atoms with Gasteiger partial charge in [-0.15, -0.1) is 46.7 Å². The van der Waals surface area contributed by atoms with Crippen LogP contribution >= 0.6 is 46.7 Å². The lowest BCUT2D eigenvalue weighted by molar-refractivity contribution is 0.0531. The first-order valence-corrected chi connectivity index (χ1v) is 11.6. The maximum absolute atomic E-state index is 12.0. The van der Waals surface area contributed by atoms with Crippen molar-refractivity contribution in [1.82, 2.24) is 20.6 Å². The molecule has 0 aliphatic carbocycles. The van der Waals surface area contributed by atoms with Crippen molar-refractivity contribution >= 4 is 58.6 Å². The van der Waals surface area contributed by atoms with E-state index in [4.69, 9.17) is 4.74 Å². The summed E-state index contributed by atoms with van der Waals surface area (Å²) < 4.78 is 5.11. The van der Waals surface area contributed by atoms with E-state index in [9.17, 15) is 4.79 Å². The van der Waals surface area contributed by atoms with Crippen LogP contribution in [-0.4, -0.2) is 35.0 Å². The molecule has 1 atom stereocenters. The van der Waals surface area contributed by atoms with Gasteiger partial charge in [0.05, 0.1) is 29.9 Å². The number of esters is 1. The second-order valence-corrected chi connectivity index (χ2v) is 9.30. The zero-order chi connectivity index (χ0) is 21.4. The molecular weight excluding hydrogens is 533 g/mol. The molecule has 1 unspecified atom stereocenters. The predicted molar refractivity (Wildman–Crippen MR) is 135 cm³/mol. The molecule has 0 bridgehead atoms. The molecule has 2 aromatic heterocycles. The van der Waals surface area contributed by atoms with Crippen LogP contribution < -0.4 is 10.6 Å². The molecule has 0 aromatic carbocycles. The first-order chi connectivity index (χ1) is 13.8. The number of nitrogens with one attached hydrogen (secondary N) is 2. The fraction of sp³-hybridized carbons (Fsp3) is 0.600. The summed E-state index contributed by atoms with van der Waals surface area (Å²) in [5, 5.41) is 8.62. The molecule has 2 N–H and O–H groups in total. The molecule has 0 aliphatic heterocycles. The molecule has 0 spiro atoms. The number of aromatic nitrogens is 2. The molecule has 2 aromatic rings. The van der Waals surface area contributed by atoms with Crippen LogP contribution in [-0.2, 0) is 17.7 Å². The number of hydrogen-bond acceptors (Lipinski definition) is 7. The van der Waals surface area contributed by atoms with Crippen LogP contribution in [0.15, 0.2) is 11.2 Å². The van der Waals surface area contributed by atoms with E-state index in [1.54, 1.807) is 18.3 Å². The molecule has 7 nitrogen and oxygen atoms in total. The van der Waals surface area contributed by atoms with Crippen molar-refractivity contribution in [1.29, 1.82) is 0 Å². The van der Waals surface area contributed by atoms with Gasteiger partial charge in [0.1, 0.15) is 9.88 Å². The van der Waals surface area contributed by atoms with Gasteiger partial charge in [-0.3, -0.25) is 0 Å². The highest BCUT2D eigenvalue weighted by molar-refractivity contribution is 14.0. The first-order valence-electron chi connectivity index (χ1n) is 9.96. The SMILES string of the molecule is CCNC(=NCc1cnc(CC(C)C)s1)NC(C)c1nc(C)c(C(=O)OCC)s1.I. The lowest BCUT2D eigenvalue weighted by atomic mass is 10.1. The standard InChI is InChI=1S/C20H31N5O2S2.HI/c1-7-21-20(23-11-15-10-22-16(28-15)9-12(3)4)25-14(6)18-24-13(5)17(29-18)19(26)27-8-2;/h10,12,14H,7-9,11H2,1-6H3,(H2,21,23,25);1H. The fourth-order valence-electron chi connectivity index (χ4n) is 2.60. The number of thiazole rings is 2. The smallest absolute Gasteiger partial charge is 0.350 e. The average molecular weight is 566 g/mol. The highest BCUT2D eigenvalue weighted by Gasteiger charge is 2.20. The molecular formula is C20H32IN5O2S2. The van der Waals surface area contributed by atoms with Crippen molar-refractivity contribution in [2.24, 2.45) is 10.9 Å². The minimum atomic E-state index is -0.316. The predicted octanol–water partition coefficient (Wildman–Crippen LogP) is 4.72. The topological polar surface area (TPSA) is 88.5 Å². The molecule has 0 radical (unpaired) electrons. The van der Waals surface area contributed by atoms with Gasteiger partial charge in [0, 0.05) is 24.0 Å². The van der Waals surface area contributed by atoms with Crippen molar-refractivity contribution in [2.75, 3.05) is 13.2 Å². The summed E-state index contributed by atoms with van der Waals surface area (Å²) in [6.07, 6.45) is 2.91. The lowest BCUT2D eigenvalue weighted by Crippen LogP contribution is -2.38. The van der Waals surface area contributed by atoms with Gasteiger partial charge in [-0.1, -0.05) is 13.8 Å². The third-order valence-corrected chi connectivity index (χ3v) is 6.24. The van der Waals surface area contributed by atoms with Crippen molar-refractivity contribution in [3.05, 3.63) is 31.7 Å². The number of nitrogens with zero attached hydrogens (tertiary/aromatic N) is 3. The van der Waals surface area contributed by atoms with Crippen molar-refractivity contribution in [3.63, 3.8) is 0 Å². The molecule has 0 saturated carbocycles. The van der Waals surface area contributed by atoms with Gasteiger partial charge in [-0.2, -0.15) is 0 Å². The van der Waals surface area contributed by atoms with Gasteiger partial charge in [0.15, 0.2) is 5.96 Å². The summed E-state index contributed by atoms with van der Waals surface area (Å²) in [6, 6.07) is -0.0855. The molecule has 0 fully saturated rings. The van der Waals surface area contributed by atoms with E-state index >= 15 is 0 Å². The van der Waals surface area contributed by atoms with Crippen molar-refractivity contribution in [3.8, 4) is 0 Å². The Bertz CT molecular complexity index is 835. The number of rotatable bonds is 9. The maximum Gasteiger partial charge on any atom is 0.350 e. The number of hydrogen-bond donors (Lipinski definition) is 2. The lowest BCUT2D eigenvalue weighted by Gasteiger charge is -2.15. The van der Waals surface area contributed by atoms with Crippen LogP contribution in [0, 0.1) is 12.8 Å². The van der Waals surface area contributed by atoms with Gasteiger partial charge in [-0.05, 0) is 33.6 Å². The Kier molecular flexibility index (Phi) is 11.8. The number of aliphatic imine (C=N–C) groups is 1. The zero-order valence-corrected chi connectivity index (χ0v) is 22.4. The summed E-state index contributed by atoms with van der Waals surface area (Å²) in [6.45, 7) is 13.7. The minimum Gasteiger partial charge on any atom is -0.462 e. The highest BCUT2D eigenvalue weighted by Crippen LogP contribution is 2.24. The zero-order valence-electron chi connectivity index (χ0n) is 18.4. The Hall–Kier alpha value is -1.27.